The van der Waals surface area contributed by atoms with Gasteiger partial charge >= 0.3 is 0 Å². The van der Waals surface area contributed by atoms with Gasteiger partial charge in [0, 0.05) is 5.02 Å². The lowest BCUT2D eigenvalue weighted by atomic mass is 10.3. The monoisotopic (exact) mass is 213 g/mol. The highest BCUT2D eigenvalue weighted by molar-refractivity contribution is 6.30. The summed E-state index contributed by atoms with van der Waals surface area (Å²) in [5.41, 5.74) is 0. The van der Waals surface area contributed by atoms with Crippen LogP contribution in [0.4, 0.5) is 0 Å². The Morgan fingerprint density at radius 3 is 2.86 bits per heavy atom. The number of carboxylic acids is 1. The minimum atomic E-state index is -1.22. The van der Waals surface area contributed by atoms with Gasteiger partial charge in [-0.25, -0.2) is 0 Å². The third kappa shape index (κ3) is 2.92. The van der Waals surface area contributed by atoms with Crippen LogP contribution in [0, 0.1) is 0 Å². The number of aliphatic carboxylic acids is 1. The van der Waals surface area contributed by atoms with Crippen LogP contribution in [0.15, 0.2) is 24.3 Å². The van der Waals surface area contributed by atoms with E-state index < -0.39 is 12.1 Å². The molecule has 1 aromatic rings. The number of halogens is 1. The van der Waals surface area contributed by atoms with E-state index in [-0.39, 0.29) is 0 Å². The van der Waals surface area contributed by atoms with Gasteiger partial charge in [-0.2, -0.15) is 0 Å². The Labute approximate surface area is 87.3 Å². The molecule has 0 aliphatic rings. The van der Waals surface area contributed by atoms with E-state index in [4.69, 9.17) is 16.3 Å². The number of benzene rings is 1. The highest BCUT2D eigenvalue weighted by Gasteiger charge is 2.08. The van der Waals surface area contributed by atoms with Crippen LogP contribution < -0.4 is 9.84 Å². The van der Waals surface area contributed by atoms with Crippen molar-refractivity contribution < 1.29 is 14.6 Å². The molecule has 0 bridgehead atoms. The molecule has 1 atom stereocenters. The van der Waals surface area contributed by atoms with Crippen molar-refractivity contribution in [2.24, 2.45) is 0 Å². The summed E-state index contributed by atoms with van der Waals surface area (Å²) < 4.78 is 5.16. The lowest BCUT2D eigenvalue weighted by Gasteiger charge is -2.18. The number of ether oxygens (including phenoxy) is 1. The zero-order valence-electron chi connectivity index (χ0n) is 7.70. The van der Waals surface area contributed by atoms with Crippen molar-refractivity contribution in [2.45, 2.75) is 19.4 Å². The second kappa shape index (κ2) is 4.86. The number of rotatable bonds is 4. The van der Waals surface area contributed by atoms with E-state index in [1.54, 1.807) is 31.2 Å². The Morgan fingerprint density at radius 2 is 2.36 bits per heavy atom. The Hall–Kier alpha value is -1.22. The van der Waals surface area contributed by atoms with Crippen LogP contribution in [-0.2, 0) is 4.79 Å². The van der Waals surface area contributed by atoms with Gasteiger partial charge in [-0.05, 0) is 24.6 Å². The van der Waals surface area contributed by atoms with Crippen molar-refractivity contribution in [1.82, 2.24) is 0 Å². The summed E-state index contributed by atoms with van der Waals surface area (Å²) in [7, 11) is 0. The molecule has 76 valence electrons. The predicted molar refractivity (Wildman–Crippen MR) is 51.2 cm³/mol. The van der Waals surface area contributed by atoms with Gasteiger partial charge in [0.2, 0.25) is 0 Å². The standard InChI is InChI=1S/C10H11ClO3/c1-2-9(10(12)13)14-8-5-3-4-7(11)6-8/h3-6,9H,2H2,1H3,(H,12,13)/p-1/t9-/m1/s1. The minimum Gasteiger partial charge on any atom is -0.546 e. The zero-order chi connectivity index (χ0) is 10.6. The smallest absolute Gasteiger partial charge is 0.138 e. The molecule has 0 aliphatic heterocycles. The Morgan fingerprint density at radius 1 is 1.64 bits per heavy atom. The summed E-state index contributed by atoms with van der Waals surface area (Å²) in [6, 6.07) is 6.60. The van der Waals surface area contributed by atoms with Crippen LogP contribution >= 0.6 is 11.6 Å². The van der Waals surface area contributed by atoms with Crippen LogP contribution in [0.1, 0.15) is 13.3 Å². The van der Waals surface area contributed by atoms with Crippen molar-refractivity contribution in [3.8, 4) is 5.75 Å². The molecule has 0 saturated heterocycles. The third-order valence-electron chi connectivity index (χ3n) is 1.71. The Kier molecular flexibility index (Phi) is 3.77. The Balaban J connectivity index is 2.72. The summed E-state index contributed by atoms with van der Waals surface area (Å²) in [4.78, 5) is 10.6. The van der Waals surface area contributed by atoms with E-state index in [9.17, 15) is 9.90 Å². The predicted octanol–water partition coefficient (Wildman–Crippen LogP) is 1.25. The molecule has 0 unspecified atom stereocenters. The van der Waals surface area contributed by atoms with Crippen LogP contribution in [0.25, 0.3) is 0 Å². The maximum Gasteiger partial charge on any atom is 0.138 e. The highest BCUT2D eigenvalue weighted by Crippen LogP contribution is 2.18. The molecule has 3 nitrogen and oxygen atoms in total. The lowest BCUT2D eigenvalue weighted by Crippen LogP contribution is -2.39. The van der Waals surface area contributed by atoms with E-state index in [0.717, 1.165) is 0 Å². The fourth-order valence-corrected chi connectivity index (χ4v) is 1.18. The summed E-state index contributed by atoms with van der Waals surface area (Å²) in [5.74, 6) is -0.777. The molecule has 0 aromatic heterocycles. The highest BCUT2D eigenvalue weighted by atomic mass is 35.5. The lowest BCUT2D eigenvalue weighted by molar-refractivity contribution is -0.313. The van der Waals surface area contributed by atoms with Gasteiger partial charge < -0.3 is 14.6 Å². The van der Waals surface area contributed by atoms with E-state index in [0.29, 0.717) is 17.2 Å². The summed E-state index contributed by atoms with van der Waals surface area (Å²) in [6.45, 7) is 1.71. The number of hydrogen-bond acceptors (Lipinski definition) is 3. The molecule has 0 radical (unpaired) electrons. The second-order valence-electron chi connectivity index (χ2n) is 2.79. The maximum atomic E-state index is 10.6. The van der Waals surface area contributed by atoms with Crippen molar-refractivity contribution in [3.05, 3.63) is 29.3 Å². The van der Waals surface area contributed by atoms with Gasteiger partial charge in [0.05, 0.1) is 5.97 Å². The molecule has 4 heteroatoms. The first kappa shape index (κ1) is 10.9. The van der Waals surface area contributed by atoms with Gasteiger partial charge in [-0.1, -0.05) is 24.6 Å². The molecule has 1 rings (SSSR count). The molecular formula is C10H10ClO3-. The average molecular weight is 214 g/mol. The fourth-order valence-electron chi connectivity index (χ4n) is 1.00. The molecule has 0 aliphatic carbocycles. The van der Waals surface area contributed by atoms with Gasteiger partial charge in [0.1, 0.15) is 11.9 Å². The maximum absolute atomic E-state index is 10.6. The first-order valence-electron chi connectivity index (χ1n) is 4.26. The molecule has 14 heavy (non-hydrogen) atoms. The van der Waals surface area contributed by atoms with Gasteiger partial charge in [0.15, 0.2) is 0 Å². The molecule has 0 fully saturated rings. The molecule has 1 aromatic carbocycles. The number of hydrogen-bond donors (Lipinski definition) is 0. The number of carboxylic acid groups (broad SMARTS) is 1. The second-order valence-corrected chi connectivity index (χ2v) is 3.23. The largest absolute Gasteiger partial charge is 0.546 e. The van der Waals surface area contributed by atoms with Gasteiger partial charge in [-0.15, -0.1) is 0 Å². The minimum absolute atomic E-state index is 0.356. The van der Waals surface area contributed by atoms with Gasteiger partial charge in [-0.3, -0.25) is 0 Å². The van der Waals surface area contributed by atoms with Crippen LogP contribution in [0.3, 0.4) is 0 Å². The Bertz CT molecular complexity index is 325. The van der Waals surface area contributed by atoms with Gasteiger partial charge in [0.25, 0.3) is 0 Å². The third-order valence-corrected chi connectivity index (χ3v) is 1.94. The van der Waals surface area contributed by atoms with Crippen LogP contribution in [-0.4, -0.2) is 12.1 Å². The van der Waals surface area contributed by atoms with Crippen LogP contribution in [0.5, 0.6) is 5.75 Å². The van der Waals surface area contributed by atoms with E-state index in [1.807, 2.05) is 0 Å². The first-order valence-corrected chi connectivity index (χ1v) is 4.64. The van der Waals surface area contributed by atoms with E-state index in [1.165, 1.54) is 0 Å². The van der Waals surface area contributed by atoms with Crippen molar-refractivity contribution in [1.29, 1.82) is 0 Å². The summed E-state index contributed by atoms with van der Waals surface area (Å²) >= 11 is 5.71. The molecule has 0 heterocycles. The normalized spacial score (nSPS) is 12.1. The SMILES string of the molecule is CC[C@@H](Oc1cccc(Cl)c1)C(=O)[O-]. The van der Waals surface area contributed by atoms with E-state index >= 15 is 0 Å². The molecular weight excluding hydrogens is 204 g/mol. The number of carbonyl (C=O) groups excluding carboxylic acids is 1. The number of carbonyl (C=O) groups is 1. The fraction of sp³-hybridized carbons (Fsp3) is 0.300. The molecule has 0 spiro atoms. The topological polar surface area (TPSA) is 49.4 Å². The molecule has 0 amide bonds. The van der Waals surface area contributed by atoms with Crippen molar-refractivity contribution in [3.63, 3.8) is 0 Å². The van der Waals surface area contributed by atoms with E-state index in [2.05, 4.69) is 0 Å². The zero-order valence-corrected chi connectivity index (χ0v) is 8.45. The first-order chi connectivity index (χ1) is 6.63. The molecule has 0 N–H and O–H groups in total. The summed E-state index contributed by atoms with van der Waals surface area (Å²) in [6.07, 6.45) is -0.567. The van der Waals surface area contributed by atoms with Crippen molar-refractivity contribution >= 4 is 17.6 Å². The summed E-state index contributed by atoms with van der Waals surface area (Å²) in [5, 5.41) is 11.1. The van der Waals surface area contributed by atoms with Crippen molar-refractivity contribution in [2.75, 3.05) is 0 Å². The van der Waals surface area contributed by atoms with Crippen LogP contribution in [0.2, 0.25) is 5.02 Å². The quantitative estimate of drug-likeness (QED) is 0.756. The average Bonchev–Trinajstić information content (AvgIpc) is 2.14. The molecule has 0 saturated carbocycles.